The van der Waals surface area contributed by atoms with Gasteiger partial charge in [0.05, 0.1) is 5.54 Å². The molecule has 4 rings (SSSR count). The summed E-state index contributed by atoms with van der Waals surface area (Å²) < 4.78 is 13.1. The summed E-state index contributed by atoms with van der Waals surface area (Å²) in [6.45, 7) is 1.17. The first-order chi connectivity index (χ1) is 14.1. The van der Waals surface area contributed by atoms with E-state index in [1.807, 2.05) is 23.1 Å². The molecule has 152 valence electrons. The van der Waals surface area contributed by atoms with Crippen molar-refractivity contribution in [3.8, 4) is 0 Å². The summed E-state index contributed by atoms with van der Waals surface area (Å²) in [6, 6.07) is 16.5. The van der Waals surface area contributed by atoms with Crippen molar-refractivity contribution in [1.29, 1.82) is 0 Å². The standard InChI is InChI=1S/C24H27FN2O2/c25-20-12-9-18(10-13-20)11-14-23(29)27-16-21(19-6-2-1-3-7-19)24(17-27)15-5-4-8-22(28)26-24/h1-3,6-7,9-10,12-13,21H,4-5,8,11,14-17H2,(H,26,28)/t21-,24+/m0/s1. The van der Waals surface area contributed by atoms with E-state index in [1.165, 1.54) is 17.7 Å². The van der Waals surface area contributed by atoms with Crippen molar-refractivity contribution < 1.29 is 14.0 Å². The number of carbonyl (C=O) groups excluding carboxylic acids is 2. The highest BCUT2D eigenvalue weighted by molar-refractivity contribution is 5.79. The normalized spacial score (nSPS) is 24.4. The predicted octanol–water partition coefficient (Wildman–Crippen LogP) is 3.81. The molecule has 29 heavy (non-hydrogen) atoms. The van der Waals surface area contributed by atoms with Crippen LogP contribution in [0.4, 0.5) is 4.39 Å². The highest BCUT2D eigenvalue weighted by Crippen LogP contribution is 2.41. The zero-order chi connectivity index (χ0) is 20.3. The van der Waals surface area contributed by atoms with Crippen LogP contribution < -0.4 is 5.32 Å². The third kappa shape index (κ3) is 4.34. The Morgan fingerprint density at radius 1 is 1.10 bits per heavy atom. The second-order valence-electron chi connectivity index (χ2n) is 8.28. The summed E-state index contributed by atoms with van der Waals surface area (Å²) >= 11 is 0. The first kappa shape index (κ1) is 19.6. The molecular weight excluding hydrogens is 367 g/mol. The molecule has 2 aromatic carbocycles. The van der Waals surface area contributed by atoms with Gasteiger partial charge in [-0.15, -0.1) is 0 Å². The number of halogens is 1. The monoisotopic (exact) mass is 394 g/mol. The topological polar surface area (TPSA) is 49.4 Å². The number of hydrogen-bond acceptors (Lipinski definition) is 2. The molecule has 2 amide bonds. The van der Waals surface area contributed by atoms with E-state index < -0.39 is 0 Å². The lowest BCUT2D eigenvalue weighted by Gasteiger charge is -2.34. The van der Waals surface area contributed by atoms with Gasteiger partial charge in [0.2, 0.25) is 11.8 Å². The molecule has 2 aliphatic heterocycles. The Morgan fingerprint density at radius 3 is 2.62 bits per heavy atom. The Kier molecular flexibility index (Phi) is 5.65. The number of nitrogens with zero attached hydrogens (tertiary/aromatic N) is 1. The zero-order valence-electron chi connectivity index (χ0n) is 16.6. The van der Waals surface area contributed by atoms with Crippen LogP contribution in [-0.4, -0.2) is 35.3 Å². The minimum atomic E-state index is -0.388. The molecule has 1 spiro atoms. The Bertz CT molecular complexity index is 868. The molecule has 1 N–H and O–H groups in total. The van der Waals surface area contributed by atoms with Crippen LogP contribution in [0.3, 0.4) is 0 Å². The largest absolute Gasteiger partial charge is 0.348 e. The van der Waals surface area contributed by atoms with Crippen molar-refractivity contribution >= 4 is 11.8 Å². The molecule has 0 saturated carbocycles. The molecule has 0 radical (unpaired) electrons. The molecular formula is C24H27FN2O2. The third-order valence-electron chi connectivity index (χ3n) is 6.30. The summed E-state index contributed by atoms with van der Waals surface area (Å²) in [5.74, 6) is 0.00607. The van der Waals surface area contributed by atoms with Gasteiger partial charge in [0.15, 0.2) is 0 Å². The lowest BCUT2D eigenvalue weighted by atomic mass is 9.79. The first-order valence-corrected chi connectivity index (χ1v) is 10.4. The lowest BCUT2D eigenvalue weighted by Crippen LogP contribution is -2.52. The van der Waals surface area contributed by atoms with Crippen LogP contribution >= 0.6 is 0 Å². The molecule has 0 bridgehead atoms. The minimum Gasteiger partial charge on any atom is -0.348 e. The summed E-state index contributed by atoms with van der Waals surface area (Å²) in [5, 5.41) is 3.29. The maximum atomic E-state index is 13.1. The van der Waals surface area contributed by atoms with Gasteiger partial charge < -0.3 is 10.2 Å². The van der Waals surface area contributed by atoms with E-state index in [4.69, 9.17) is 0 Å². The number of likely N-dealkylation sites (tertiary alicyclic amines) is 1. The number of benzene rings is 2. The van der Waals surface area contributed by atoms with E-state index in [1.54, 1.807) is 12.1 Å². The van der Waals surface area contributed by atoms with Gasteiger partial charge in [-0.2, -0.15) is 0 Å². The predicted molar refractivity (Wildman–Crippen MR) is 110 cm³/mol. The van der Waals surface area contributed by atoms with Crippen LogP contribution in [0, 0.1) is 5.82 Å². The molecule has 2 fully saturated rings. The van der Waals surface area contributed by atoms with Crippen LogP contribution in [0.2, 0.25) is 0 Å². The van der Waals surface area contributed by atoms with E-state index in [2.05, 4.69) is 17.4 Å². The molecule has 0 aliphatic carbocycles. The van der Waals surface area contributed by atoms with Crippen molar-refractivity contribution in [3.05, 3.63) is 71.5 Å². The molecule has 0 aromatic heterocycles. The minimum absolute atomic E-state index is 0.0871. The SMILES string of the molecule is O=C1CCCC[C@]2(CN(C(=O)CCc3ccc(F)cc3)C[C@H]2c2ccccc2)N1. The van der Waals surface area contributed by atoms with E-state index in [0.717, 1.165) is 24.8 Å². The van der Waals surface area contributed by atoms with Crippen molar-refractivity contribution in [2.24, 2.45) is 0 Å². The summed E-state index contributed by atoms with van der Waals surface area (Å²) in [7, 11) is 0. The van der Waals surface area contributed by atoms with Crippen LogP contribution in [0.15, 0.2) is 54.6 Å². The van der Waals surface area contributed by atoms with Crippen molar-refractivity contribution in [2.75, 3.05) is 13.1 Å². The van der Waals surface area contributed by atoms with Crippen LogP contribution in [-0.2, 0) is 16.0 Å². The number of aryl methyl sites for hydroxylation is 1. The first-order valence-electron chi connectivity index (χ1n) is 10.4. The molecule has 2 aliphatic rings. The summed E-state index contributed by atoms with van der Waals surface area (Å²) in [4.78, 5) is 27.3. The Balaban J connectivity index is 1.52. The number of amides is 2. The van der Waals surface area contributed by atoms with Crippen LogP contribution in [0.1, 0.15) is 49.1 Å². The molecule has 2 saturated heterocycles. The number of carbonyl (C=O) groups is 2. The number of nitrogens with one attached hydrogen (secondary N) is 1. The second-order valence-corrected chi connectivity index (χ2v) is 8.28. The number of hydrogen-bond donors (Lipinski definition) is 1. The van der Waals surface area contributed by atoms with Gasteiger partial charge in [-0.3, -0.25) is 9.59 Å². The maximum Gasteiger partial charge on any atom is 0.223 e. The van der Waals surface area contributed by atoms with Crippen LogP contribution in [0.5, 0.6) is 0 Å². The van der Waals surface area contributed by atoms with Gasteiger partial charge in [-0.1, -0.05) is 48.9 Å². The fraction of sp³-hybridized carbons (Fsp3) is 0.417. The highest BCUT2D eigenvalue weighted by atomic mass is 19.1. The van der Waals surface area contributed by atoms with E-state index in [0.29, 0.717) is 32.4 Å². The van der Waals surface area contributed by atoms with Crippen LogP contribution in [0.25, 0.3) is 0 Å². The van der Waals surface area contributed by atoms with E-state index in [-0.39, 0.29) is 29.1 Å². The lowest BCUT2D eigenvalue weighted by molar-refractivity contribution is -0.131. The van der Waals surface area contributed by atoms with Gasteiger partial charge in [0.1, 0.15) is 5.82 Å². The summed E-state index contributed by atoms with van der Waals surface area (Å²) in [6.07, 6.45) is 4.30. The average Bonchev–Trinajstić information content (AvgIpc) is 2.99. The Labute approximate surface area is 171 Å². The quantitative estimate of drug-likeness (QED) is 0.857. The molecule has 2 heterocycles. The number of rotatable bonds is 4. The highest BCUT2D eigenvalue weighted by Gasteiger charge is 2.49. The second kappa shape index (κ2) is 8.36. The van der Waals surface area contributed by atoms with Crippen molar-refractivity contribution in [2.45, 2.75) is 50.0 Å². The fourth-order valence-corrected chi connectivity index (χ4v) is 4.78. The van der Waals surface area contributed by atoms with E-state index in [9.17, 15) is 14.0 Å². The van der Waals surface area contributed by atoms with Crippen molar-refractivity contribution in [3.63, 3.8) is 0 Å². The average molecular weight is 394 g/mol. The fourth-order valence-electron chi connectivity index (χ4n) is 4.78. The molecule has 0 unspecified atom stereocenters. The van der Waals surface area contributed by atoms with Gasteiger partial charge in [0.25, 0.3) is 0 Å². The van der Waals surface area contributed by atoms with Gasteiger partial charge >= 0.3 is 0 Å². The Morgan fingerprint density at radius 2 is 1.86 bits per heavy atom. The molecule has 4 nitrogen and oxygen atoms in total. The maximum absolute atomic E-state index is 13.1. The smallest absolute Gasteiger partial charge is 0.223 e. The zero-order valence-corrected chi connectivity index (χ0v) is 16.6. The summed E-state index contributed by atoms with van der Waals surface area (Å²) in [5.41, 5.74) is 1.74. The molecule has 2 aromatic rings. The van der Waals surface area contributed by atoms with Gasteiger partial charge in [-0.25, -0.2) is 4.39 Å². The Hall–Kier alpha value is -2.69. The van der Waals surface area contributed by atoms with Gasteiger partial charge in [-0.05, 0) is 42.5 Å². The van der Waals surface area contributed by atoms with Crippen molar-refractivity contribution in [1.82, 2.24) is 10.2 Å². The molecule has 5 heteroatoms. The third-order valence-corrected chi connectivity index (χ3v) is 6.30. The van der Waals surface area contributed by atoms with Gasteiger partial charge in [0, 0.05) is 31.8 Å². The molecule has 2 atom stereocenters. The van der Waals surface area contributed by atoms with E-state index >= 15 is 0 Å².